The largest absolute Gasteiger partial charge is 0.507 e. The second-order valence-electron chi connectivity index (χ2n) is 5.92. The number of aromatic amines is 1. The average molecular weight is 298 g/mol. The van der Waals surface area contributed by atoms with Crippen molar-refractivity contribution in [2.75, 3.05) is 18.0 Å². The maximum Gasteiger partial charge on any atom is 0.252 e. The van der Waals surface area contributed by atoms with Crippen LogP contribution in [0.25, 0.3) is 11.3 Å². The number of H-pyrrole nitrogens is 1. The summed E-state index contributed by atoms with van der Waals surface area (Å²) in [5.41, 5.74) is 4.58. The molecule has 1 aromatic heterocycles. The van der Waals surface area contributed by atoms with Crippen molar-refractivity contribution in [3.05, 3.63) is 45.7 Å². The summed E-state index contributed by atoms with van der Waals surface area (Å²) in [7, 11) is 0. The van der Waals surface area contributed by atoms with Gasteiger partial charge in [-0.25, -0.2) is 0 Å². The number of anilines is 1. The molecule has 0 atom stereocenters. The van der Waals surface area contributed by atoms with Crippen LogP contribution in [0.3, 0.4) is 0 Å². The summed E-state index contributed by atoms with van der Waals surface area (Å²) in [6.45, 7) is 6.26. The molecule has 0 spiro atoms. The molecule has 0 aliphatic carbocycles. The molecule has 0 amide bonds. The Morgan fingerprint density at radius 3 is 2.59 bits per heavy atom. The molecule has 1 fully saturated rings. The number of hydrogen-bond donors (Lipinski definition) is 2. The SMILES string of the molecule is CCc1c(O)cc(=O)[nH]c1-c1ccc(N2CCCC2)cc1C. The van der Waals surface area contributed by atoms with Crippen molar-refractivity contribution in [1.29, 1.82) is 0 Å². The third-order valence-electron chi connectivity index (χ3n) is 4.43. The molecule has 0 bridgehead atoms. The molecular weight excluding hydrogens is 276 g/mol. The molecule has 4 heteroatoms. The molecule has 0 unspecified atom stereocenters. The van der Waals surface area contributed by atoms with Gasteiger partial charge in [0, 0.05) is 36.0 Å². The number of benzene rings is 1. The van der Waals surface area contributed by atoms with Crippen LogP contribution in [-0.2, 0) is 6.42 Å². The molecule has 4 nitrogen and oxygen atoms in total. The van der Waals surface area contributed by atoms with E-state index in [1.807, 2.05) is 13.0 Å². The summed E-state index contributed by atoms with van der Waals surface area (Å²) < 4.78 is 0. The maximum atomic E-state index is 11.7. The van der Waals surface area contributed by atoms with E-state index in [-0.39, 0.29) is 11.3 Å². The van der Waals surface area contributed by atoms with Crippen molar-refractivity contribution in [2.45, 2.75) is 33.1 Å². The first kappa shape index (κ1) is 14.7. The third kappa shape index (κ3) is 2.61. The Bertz CT molecular complexity index is 743. The maximum absolute atomic E-state index is 11.7. The molecule has 3 rings (SSSR count). The first-order chi connectivity index (χ1) is 10.6. The second-order valence-corrected chi connectivity index (χ2v) is 5.92. The van der Waals surface area contributed by atoms with Crippen LogP contribution in [0.1, 0.15) is 30.9 Å². The molecule has 1 aromatic carbocycles. The number of hydrogen-bond acceptors (Lipinski definition) is 3. The Kier molecular flexibility index (Phi) is 3.92. The lowest BCUT2D eigenvalue weighted by Gasteiger charge is -2.20. The van der Waals surface area contributed by atoms with Gasteiger partial charge in [-0.2, -0.15) is 0 Å². The van der Waals surface area contributed by atoms with Crippen molar-refractivity contribution < 1.29 is 5.11 Å². The van der Waals surface area contributed by atoms with Crippen LogP contribution in [0.2, 0.25) is 0 Å². The van der Waals surface area contributed by atoms with Crippen molar-refractivity contribution in [3.63, 3.8) is 0 Å². The van der Waals surface area contributed by atoms with E-state index in [2.05, 4.69) is 28.9 Å². The van der Waals surface area contributed by atoms with E-state index >= 15 is 0 Å². The van der Waals surface area contributed by atoms with E-state index in [1.54, 1.807) is 0 Å². The predicted molar refractivity (Wildman–Crippen MR) is 89.7 cm³/mol. The molecular formula is C18H22N2O2. The van der Waals surface area contributed by atoms with E-state index in [0.717, 1.165) is 35.5 Å². The monoisotopic (exact) mass is 298 g/mol. The fourth-order valence-electron chi connectivity index (χ4n) is 3.26. The summed E-state index contributed by atoms with van der Waals surface area (Å²) in [5, 5.41) is 10.0. The number of nitrogens with zero attached hydrogens (tertiary/aromatic N) is 1. The van der Waals surface area contributed by atoms with Gasteiger partial charge >= 0.3 is 0 Å². The summed E-state index contributed by atoms with van der Waals surface area (Å²) in [4.78, 5) is 17.0. The highest BCUT2D eigenvalue weighted by atomic mass is 16.3. The minimum Gasteiger partial charge on any atom is -0.507 e. The summed E-state index contributed by atoms with van der Waals surface area (Å²) in [6.07, 6.45) is 3.17. The molecule has 22 heavy (non-hydrogen) atoms. The van der Waals surface area contributed by atoms with Crippen molar-refractivity contribution in [1.82, 2.24) is 4.98 Å². The van der Waals surface area contributed by atoms with Crippen LogP contribution in [0, 0.1) is 6.92 Å². The number of aryl methyl sites for hydroxylation is 1. The summed E-state index contributed by atoms with van der Waals surface area (Å²) in [6, 6.07) is 7.57. The lowest BCUT2D eigenvalue weighted by Crippen LogP contribution is -2.17. The normalized spacial score (nSPS) is 14.5. The topological polar surface area (TPSA) is 56.3 Å². The molecule has 1 saturated heterocycles. The Balaban J connectivity index is 2.07. The van der Waals surface area contributed by atoms with Gasteiger partial charge < -0.3 is 15.0 Å². The fraction of sp³-hybridized carbons (Fsp3) is 0.389. The van der Waals surface area contributed by atoms with E-state index in [0.29, 0.717) is 6.42 Å². The van der Waals surface area contributed by atoms with Gasteiger partial charge in [0.05, 0.1) is 5.69 Å². The Labute approximate surface area is 130 Å². The van der Waals surface area contributed by atoms with E-state index in [9.17, 15) is 9.90 Å². The van der Waals surface area contributed by atoms with Gasteiger partial charge in [0.25, 0.3) is 5.56 Å². The second kappa shape index (κ2) is 5.87. The van der Waals surface area contributed by atoms with Crippen molar-refractivity contribution in [2.24, 2.45) is 0 Å². The molecule has 2 heterocycles. The van der Waals surface area contributed by atoms with E-state index < -0.39 is 0 Å². The Hall–Kier alpha value is -2.23. The third-order valence-corrected chi connectivity index (χ3v) is 4.43. The first-order valence-electron chi connectivity index (χ1n) is 7.91. The Morgan fingerprint density at radius 1 is 1.23 bits per heavy atom. The van der Waals surface area contributed by atoms with E-state index in [4.69, 9.17) is 0 Å². The number of rotatable bonds is 3. The van der Waals surface area contributed by atoms with Crippen LogP contribution < -0.4 is 10.5 Å². The van der Waals surface area contributed by atoms with Crippen LogP contribution in [0.5, 0.6) is 5.75 Å². The van der Waals surface area contributed by atoms with Gasteiger partial charge in [-0.15, -0.1) is 0 Å². The standard InChI is InChI=1S/C18H22N2O2/c1-3-14-16(21)11-17(22)19-18(14)15-7-6-13(10-12(15)2)20-8-4-5-9-20/h6-7,10-11H,3-5,8-9H2,1-2H3,(H2,19,21,22). The zero-order valence-electron chi connectivity index (χ0n) is 13.1. The minimum atomic E-state index is -0.271. The molecule has 2 aromatic rings. The van der Waals surface area contributed by atoms with Gasteiger partial charge in [-0.1, -0.05) is 13.0 Å². The molecule has 0 saturated carbocycles. The molecule has 1 aliphatic heterocycles. The summed E-state index contributed by atoms with van der Waals surface area (Å²) >= 11 is 0. The minimum absolute atomic E-state index is 0.0734. The van der Waals surface area contributed by atoms with E-state index in [1.165, 1.54) is 24.6 Å². The zero-order chi connectivity index (χ0) is 15.7. The van der Waals surface area contributed by atoms with Crippen LogP contribution in [0.15, 0.2) is 29.1 Å². The number of pyridine rings is 1. The van der Waals surface area contributed by atoms with Crippen LogP contribution in [-0.4, -0.2) is 23.2 Å². The van der Waals surface area contributed by atoms with Gasteiger partial charge in [0.2, 0.25) is 0 Å². The Morgan fingerprint density at radius 2 is 1.95 bits per heavy atom. The van der Waals surface area contributed by atoms with Crippen molar-refractivity contribution >= 4 is 5.69 Å². The highest BCUT2D eigenvalue weighted by molar-refractivity contribution is 5.71. The van der Waals surface area contributed by atoms with Crippen molar-refractivity contribution in [3.8, 4) is 17.0 Å². The smallest absolute Gasteiger partial charge is 0.252 e. The first-order valence-corrected chi connectivity index (χ1v) is 7.91. The molecule has 0 radical (unpaired) electrons. The highest BCUT2D eigenvalue weighted by Gasteiger charge is 2.16. The lowest BCUT2D eigenvalue weighted by atomic mass is 9.98. The predicted octanol–water partition coefficient (Wildman–Crippen LogP) is 3.22. The summed E-state index contributed by atoms with van der Waals surface area (Å²) in [5.74, 6) is 0.0734. The quantitative estimate of drug-likeness (QED) is 0.914. The van der Waals surface area contributed by atoms with Gasteiger partial charge in [0.15, 0.2) is 0 Å². The van der Waals surface area contributed by atoms with Crippen LogP contribution >= 0.6 is 0 Å². The van der Waals surface area contributed by atoms with Gasteiger partial charge in [-0.3, -0.25) is 4.79 Å². The number of aromatic hydroxyl groups is 1. The highest BCUT2D eigenvalue weighted by Crippen LogP contribution is 2.32. The number of nitrogens with one attached hydrogen (secondary N) is 1. The fourth-order valence-corrected chi connectivity index (χ4v) is 3.26. The average Bonchev–Trinajstić information content (AvgIpc) is 3.00. The molecule has 1 aliphatic rings. The van der Waals surface area contributed by atoms with Gasteiger partial charge in [-0.05, 0) is 43.9 Å². The zero-order valence-corrected chi connectivity index (χ0v) is 13.1. The number of aromatic nitrogens is 1. The van der Waals surface area contributed by atoms with Gasteiger partial charge in [0.1, 0.15) is 5.75 Å². The molecule has 2 N–H and O–H groups in total. The molecule has 116 valence electrons. The lowest BCUT2D eigenvalue weighted by molar-refractivity contribution is 0.467. The van der Waals surface area contributed by atoms with Crippen LogP contribution in [0.4, 0.5) is 5.69 Å².